The molecular weight excluding hydrogens is 280 g/mol. The fourth-order valence-corrected chi connectivity index (χ4v) is 2.44. The normalized spacial score (nSPS) is 10.6. The zero-order valence-electron chi connectivity index (χ0n) is 14.1. The molecule has 0 unspecified atom stereocenters. The summed E-state index contributed by atoms with van der Waals surface area (Å²) >= 11 is 0. The quantitative estimate of drug-likeness (QED) is 0.331. The predicted octanol–water partition coefficient (Wildman–Crippen LogP) is 4.69. The molecule has 0 radical (unpaired) electrons. The van der Waals surface area contributed by atoms with Gasteiger partial charge in [-0.1, -0.05) is 58.3 Å². The molecule has 0 saturated heterocycles. The molecule has 0 bridgehead atoms. The maximum absolute atomic E-state index is 11.7. The zero-order valence-corrected chi connectivity index (χ0v) is 14.1. The zero-order chi connectivity index (χ0) is 16.6. The van der Waals surface area contributed by atoms with E-state index in [1.54, 1.807) is 0 Å². The molecule has 0 rings (SSSR count). The van der Waals surface area contributed by atoms with Gasteiger partial charge in [0.1, 0.15) is 0 Å². The standard InChI is InChI=1S/C18H32O4/c1-2-3-4-7-10-13-16(19)17(20)14-11-8-5-6-9-12-15-18(21)22/h2-15H2,1H3,(H,21,22). The summed E-state index contributed by atoms with van der Waals surface area (Å²) in [4.78, 5) is 33.6. The Morgan fingerprint density at radius 3 is 1.36 bits per heavy atom. The van der Waals surface area contributed by atoms with Gasteiger partial charge >= 0.3 is 5.97 Å². The van der Waals surface area contributed by atoms with Crippen LogP contribution in [0.1, 0.15) is 96.8 Å². The lowest BCUT2D eigenvalue weighted by Gasteiger charge is -2.02. The first-order valence-corrected chi connectivity index (χ1v) is 8.85. The number of hydrogen-bond acceptors (Lipinski definition) is 3. The molecule has 0 aromatic heterocycles. The van der Waals surface area contributed by atoms with Gasteiger partial charge in [0, 0.05) is 19.3 Å². The van der Waals surface area contributed by atoms with Crippen molar-refractivity contribution in [3.8, 4) is 0 Å². The van der Waals surface area contributed by atoms with E-state index in [1.807, 2.05) is 0 Å². The average molecular weight is 312 g/mol. The molecule has 0 atom stereocenters. The van der Waals surface area contributed by atoms with E-state index in [2.05, 4.69) is 6.92 Å². The number of unbranched alkanes of at least 4 members (excludes halogenated alkanes) is 9. The summed E-state index contributed by atoms with van der Waals surface area (Å²) in [6.07, 6.45) is 11.9. The molecule has 0 aliphatic heterocycles. The predicted molar refractivity (Wildman–Crippen MR) is 88.0 cm³/mol. The minimum atomic E-state index is -0.737. The summed E-state index contributed by atoms with van der Waals surface area (Å²) in [6.45, 7) is 2.15. The second-order valence-electron chi connectivity index (χ2n) is 6.03. The van der Waals surface area contributed by atoms with E-state index in [0.29, 0.717) is 12.8 Å². The molecule has 0 aromatic rings. The van der Waals surface area contributed by atoms with Gasteiger partial charge in [0.15, 0.2) is 11.6 Å². The van der Waals surface area contributed by atoms with Crippen LogP contribution in [0, 0.1) is 0 Å². The molecule has 0 amide bonds. The number of hydrogen-bond donors (Lipinski definition) is 1. The first-order valence-electron chi connectivity index (χ1n) is 8.85. The molecule has 0 aromatic carbocycles. The summed E-state index contributed by atoms with van der Waals surface area (Å²) < 4.78 is 0. The molecule has 0 heterocycles. The van der Waals surface area contributed by atoms with E-state index >= 15 is 0 Å². The summed E-state index contributed by atoms with van der Waals surface area (Å²) in [7, 11) is 0. The molecule has 4 nitrogen and oxygen atoms in total. The van der Waals surface area contributed by atoms with Crippen LogP contribution in [0.3, 0.4) is 0 Å². The van der Waals surface area contributed by atoms with Crippen molar-refractivity contribution in [2.45, 2.75) is 96.8 Å². The Kier molecular flexibility index (Phi) is 13.9. The third kappa shape index (κ3) is 13.8. The van der Waals surface area contributed by atoms with Crippen molar-refractivity contribution in [3.05, 3.63) is 0 Å². The summed E-state index contributed by atoms with van der Waals surface area (Å²) in [5.41, 5.74) is 0. The lowest BCUT2D eigenvalue weighted by Crippen LogP contribution is -2.13. The van der Waals surface area contributed by atoms with Gasteiger partial charge in [0.25, 0.3) is 0 Å². The second-order valence-corrected chi connectivity index (χ2v) is 6.03. The van der Waals surface area contributed by atoms with Crippen LogP contribution in [0.15, 0.2) is 0 Å². The van der Waals surface area contributed by atoms with Crippen LogP contribution in [-0.2, 0) is 14.4 Å². The van der Waals surface area contributed by atoms with E-state index in [9.17, 15) is 14.4 Å². The third-order valence-electron chi connectivity index (χ3n) is 3.86. The number of ketones is 2. The first-order chi connectivity index (χ1) is 10.6. The fraction of sp³-hybridized carbons (Fsp3) is 0.833. The molecule has 0 aliphatic rings. The Labute approximate surface area is 134 Å². The summed E-state index contributed by atoms with van der Waals surface area (Å²) in [5.74, 6) is -1.14. The molecule has 0 fully saturated rings. The van der Waals surface area contributed by atoms with Crippen molar-refractivity contribution in [2.75, 3.05) is 0 Å². The number of carboxylic acids is 1. The lowest BCUT2D eigenvalue weighted by atomic mass is 10.0. The number of carboxylic acid groups (broad SMARTS) is 1. The van der Waals surface area contributed by atoms with Gasteiger partial charge in [-0.25, -0.2) is 0 Å². The number of rotatable bonds is 16. The maximum atomic E-state index is 11.7. The van der Waals surface area contributed by atoms with Gasteiger partial charge in [-0.3, -0.25) is 14.4 Å². The Hall–Kier alpha value is -1.19. The largest absolute Gasteiger partial charge is 0.481 e. The number of carbonyl (C=O) groups excluding carboxylic acids is 2. The SMILES string of the molecule is CCCCCCCC(=O)C(=O)CCCCCCCCC(=O)O. The van der Waals surface area contributed by atoms with Crippen molar-refractivity contribution in [2.24, 2.45) is 0 Å². The highest BCUT2D eigenvalue weighted by Crippen LogP contribution is 2.10. The lowest BCUT2D eigenvalue weighted by molar-refractivity contribution is -0.137. The Balaban J connectivity index is 3.40. The van der Waals surface area contributed by atoms with Gasteiger partial charge in [-0.05, 0) is 19.3 Å². The van der Waals surface area contributed by atoms with Crippen LogP contribution in [0.25, 0.3) is 0 Å². The minimum Gasteiger partial charge on any atom is -0.481 e. The van der Waals surface area contributed by atoms with Crippen molar-refractivity contribution in [3.63, 3.8) is 0 Å². The van der Waals surface area contributed by atoms with Gasteiger partial charge in [0.2, 0.25) is 0 Å². The Morgan fingerprint density at radius 1 is 0.591 bits per heavy atom. The average Bonchev–Trinajstić information content (AvgIpc) is 2.48. The van der Waals surface area contributed by atoms with Gasteiger partial charge in [-0.2, -0.15) is 0 Å². The van der Waals surface area contributed by atoms with E-state index < -0.39 is 5.97 Å². The molecule has 22 heavy (non-hydrogen) atoms. The fourth-order valence-electron chi connectivity index (χ4n) is 2.44. The highest BCUT2D eigenvalue weighted by atomic mass is 16.4. The van der Waals surface area contributed by atoms with Crippen LogP contribution in [-0.4, -0.2) is 22.6 Å². The van der Waals surface area contributed by atoms with Crippen LogP contribution < -0.4 is 0 Å². The van der Waals surface area contributed by atoms with E-state index in [1.165, 1.54) is 12.8 Å². The van der Waals surface area contributed by atoms with Crippen molar-refractivity contribution in [1.82, 2.24) is 0 Å². The van der Waals surface area contributed by atoms with E-state index in [4.69, 9.17) is 5.11 Å². The summed E-state index contributed by atoms with van der Waals surface area (Å²) in [6, 6.07) is 0. The highest BCUT2D eigenvalue weighted by Gasteiger charge is 2.12. The minimum absolute atomic E-state index is 0.196. The van der Waals surface area contributed by atoms with Crippen LogP contribution >= 0.6 is 0 Å². The van der Waals surface area contributed by atoms with Gasteiger partial charge < -0.3 is 5.11 Å². The van der Waals surface area contributed by atoms with Crippen molar-refractivity contribution >= 4 is 17.5 Å². The molecule has 0 spiro atoms. The monoisotopic (exact) mass is 312 g/mol. The molecule has 0 aliphatic carbocycles. The van der Waals surface area contributed by atoms with Crippen molar-refractivity contribution < 1.29 is 19.5 Å². The number of aliphatic carboxylic acids is 1. The topological polar surface area (TPSA) is 71.4 Å². The Bertz CT molecular complexity index is 323. The Morgan fingerprint density at radius 2 is 0.955 bits per heavy atom. The number of Topliss-reactive ketones (excluding diaryl/α,β-unsaturated/α-hetero) is 2. The molecule has 128 valence electrons. The highest BCUT2D eigenvalue weighted by molar-refractivity contribution is 6.37. The summed E-state index contributed by atoms with van der Waals surface area (Å²) in [5, 5.41) is 8.50. The van der Waals surface area contributed by atoms with E-state index in [0.717, 1.165) is 57.8 Å². The van der Waals surface area contributed by atoms with Crippen LogP contribution in [0.2, 0.25) is 0 Å². The number of carbonyl (C=O) groups is 3. The van der Waals surface area contributed by atoms with Crippen LogP contribution in [0.4, 0.5) is 0 Å². The van der Waals surface area contributed by atoms with E-state index in [-0.39, 0.29) is 18.0 Å². The third-order valence-corrected chi connectivity index (χ3v) is 3.86. The van der Waals surface area contributed by atoms with Gasteiger partial charge in [-0.15, -0.1) is 0 Å². The van der Waals surface area contributed by atoms with Crippen molar-refractivity contribution in [1.29, 1.82) is 0 Å². The first kappa shape index (κ1) is 20.8. The molecular formula is C18H32O4. The second kappa shape index (κ2) is 14.7. The smallest absolute Gasteiger partial charge is 0.303 e. The maximum Gasteiger partial charge on any atom is 0.303 e. The molecule has 1 N–H and O–H groups in total. The molecule has 0 saturated carbocycles. The molecule has 4 heteroatoms. The van der Waals surface area contributed by atoms with Gasteiger partial charge in [0.05, 0.1) is 0 Å². The van der Waals surface area contributed by atoms with Crippen LogP contribution in [0.5, 0.6) is 0 Å².